The van der Waals surface area contributed by atoms with Crippen molar-refractivity contribution in [3.05, 3.63) is 12.3 Å². The summed E-state index contributed by atoms with van der Waals surface area (Å²) in [6.07, 6.45) is 5.44. The Kier molecular flexibility index (Phi) is 5.58. The van der Waals surface area contributed by atoms with Crippen molar-refractivity contribution in [2.45, 2.75) is 32.6 Å². The molecule has 6 heteroatoms. The fourth-order valence-electron chi connectivity index (χ4n) is 2.21. The van der Waals surface area contributed by atoms with Crippen LogP contribution in [0.5, 0.6) is 0 Å². The maximum atomic E-state index is 11.5. The van der Waals surface area contributed by atoms with Crippen LogP contribution in [0, 0.1) is 0 Å². The summed E-state index contributed by atoms with van der Waals surface area (Å²) in [6.45, 7) is 5.53. The third-order valence-corrected chi connectivity index (χ3v) is 3.27. The minimum absolute atomic E-state index is 0.284. The molecule has 1 amide bonds. The van der Waals surface area contributed by atoms with Gasteiger partial charge in [-0.25, -0.2) is 4.98 Å². The summed E-state index contributed by atoms with van der Waals surface area (Å²) in [4.78, 5) is 22.0. The van der Waals surface area contributed by atoms with Gasteiger partial charge in [-0.1, -0.05) is 6.92 Å². The van der Waals surface area contributed by atoms with Crippen LogP contribution < -0.4 is 10.6 Å². The molecular weight excluding hydrogens is 254 g/mol. The fourth-order valence-corrected chi connectivity index (χ4v) is 2.21. The van der Waals surface area contributed by atoms with Gasteiger partial charge in [0.25, 0.3) is 0 Å². The van der Waals surface area contributed by atoms with E-state index in [1.807, 2.05) is 11.0 Å². The van der Waals surface area contributed by atoms with Crippen molar-refractivity contribution in [3.8, 4) is 0 Å². The second kappa shape index (κ2) is 7.67. The van der Waals surface area contributed by atoms with Crippen LogP contribution in [0.4, 0.5) is 11.8 Å². The first-order valence-electron chi connectivity index (χ1n) is 7.38. The number of hydrogen-bond donors (Lipinski definition) is 2. The van der Waals surface area contributed by atoms with Crippen molar-refractivity contribution >= 4 is 17.7 Å². The zero-order valence-electron chi connectivity index (χ0n) is 12.1. The Morgan fingerprint density at radius 3 is 3.00 bits per heavy atom. The number of nitrogens with zero attached hydrogens (tertiary/aromatic N) is 3. The number of nitrogens with one attached hydrogen (secondary N) is 2. The van der Waals surface area contributed by atoms with Gasteiger partial charge >= 0.3 is 0 Å². The number of rotatable bonds is 8. The molecule has 1 saturated heterocycles. The molecule has 0 aromatic carbocycles. The summed E-state index contributed by atoms with van der Waals surface area (Å²) in [5, 5.41) is 6.43. The molecule has 2 N–H and O–H groups in total. The van der Waals surface area contributed by atoms with Gasteiger partial charge < -0.3 is 15.5 Å². The van der Waals surface area contributed by atoms with Gasteiger partial charge in [-0.15, -0.1) is 0 Å². The van der Waals surface area contributed by atoms with Gasteiger partial charge in [0.2, 0.25) is 11.9 Å². The van der Waals surface area contributed by atoms with E-state index >= 15 is 0 Å². The third kappa shape index (κ3) is 4.36. The highest BCUT2D eigenvalue weighted by Crippen LogP contribution is 2.10. The molecule has 0 radical (unpaired) electrons. The zero-order valence-corrected chi connectivity index (χ0v) is 12.1. The number of likely N-dealkylation sites (tertiary alicyclic amines) is 1. The summed E-state index contributed by atoms with van der Waals surface area (Å²) in [5.74, 6) is 1.77. The number of amides is 1. The van der Waals surface area contributed by atoms with Gasteiger partial charge in [0.1, 0.15) is 5.82 Å². The SMILES string of the molecule is CCCNc1ccnc(NCCCN2CCCC2=O)n1. The predicted octanol–water partition coefficient (Wildman–Crippen LogP) is 1.72. The van der Waals surface area contributed by atoms with Crippen molar-refractivity contribution < 1.29 is 4.79 Å². The van der Waals surface area contributed by atoms with E-state index < -0.39 is 0 Å². The number of carbonyl (C=O) groups is 1. The smallest absolute Gasteiger partial charge is 0.224 e. The highest BCUT2D eigenvalue weighted by molar-refractivity contribution is 5.77. The molecule has 0 spiro atoms. The highest BCUT2D eigenvalue weighted by Gasteiger charge is 2.18. The molecule has 2 rings (SSSR count). The lowest BCUT2D eigenvalue weighted by Gasteiger charge is -2.15. The average Bonchev–Trinajstić information content (AvgIpc) is 2.87. The maximum absolute atomic E-state index is 11.5. The molecule has 0 aliphatic carbocycles. The van der Waals surface area contributed by atoms with Gasteiger partial charge in [-0.3, -0.25) is 4.79 Å². The second-order valence-electron chi connectivity index (χ2n) is 4.96. The Labute approximate surface area is 120 Å². The Morgan fingerprint density at radius 1 is 1.35 bits per heavy atom. The first kappa shape index (κ1) is 14.6. The number of anilines is 2. The van der Waals surface area contributed by atoms with Gasteiger partial charge in [-0.2, -0.15) is 4.98 Å². The van der Waals surface area contributed by atoms with Crippen molar-refractivity contribution in [3.63, 3.8) is 0 Å². The monoisotopic (exact) mass is 277 g/mol. The number of aromatic nitrogens is 2. The standard InChI is InChI=1S/C14H23N5O/c1-2-7-15-12-6-9-17-14(18-12)16-8-4-11-19-10-3-5-13(19)20/h6,9H,2-5,7-8,10-11H2,1H3,(H2,15,16,17,18). The molecule has 6 nitrogen and oxygen atoms in total. The van der Waals surface area contributed by atoms with Crippen LogP contribution in [0.2, 0.25) is 0 Å². The Balaban J connectivity index is 1.69. The lowest BCUT2D eigenvalue weighted by molar-refractivity contribution is -0.127. The normalized spacial score (nSPS) is 14.7. The summed E-state index contributed by atoms with van der Waals surface area (Å²) >= 11 is 0. The molecule has 1 aliphatic heterocycles. The van der Waals surface area contributed by atoms with E-state index in [0.29, 0.717) is 12.4 Å². The molecule has 20 heavy (non-hydrogen) atoms. The van der Waals surface area contributed by atoms with Crippen molar-refractivity contribution in [2.24, 2.45) is 0 Å². The quantitative estimate of drug-likeness (QED) is 0.708. The van der Waals surface area contributed by atoms with E-state index in [1.54, 1.807) is 6.20 Å². The van der Waals surface area contributed by atoms with Crippen LogP contribution in [-0.2, 0) is 4.79 Å². The highest BCUT2D eigenvalue weighted by atomic mass is 16.2. The molecular formula is C14H23N5O. The van der Waals surface area contributed by atoms with Crippen LogP contribution in [-0.4, -0.2) is 47.0 Å². The van der Waals surface area contributed by atoms with E-state index in [2.05, 4.69) is 27.5 Å². The molecule has 1 fully saturated rings. The fraction of sp³-hybridized carbons (Fsp3) is 0.643. The third-order valence-electron chi connectivity index (χ3n) is 3.27. The molecule has 0 bridgehead atoms. The second-order valence-corrected chi connectivity index (χ2v) is 4.96. The Morgan fingerprint density at radius 2 is 2.25 bits per heavy atom. The average molecular weight is 277 g/mol. The van der Waals surface area contributed by atoms with Crippen LogP contribution in [0.25, 0.3) is 0 Å². The van der Waals surface area contributed by atoms with E-state index in [1.165, 1.54) is 0 Å². The molecule has 2 heterocycles. The largest absolute Gasteiger partial charge is 0.370 e. The number of hydrogen-bond acceptors (Lipinski definition) is 5. The maximum Gasteiger partial charge on any atom is 0.224 e. The zero-order chi connectivity index (χ0) is 14.2. The van der Waals surface area contributed by atoms with Crippen LogP contribution in [0.15, 0.2) is 12.3 Å². The summed E-state index contributed by atoms with van der Waals surface area (Å²) in [6, 6.07) is 1.86. The van der Waals surface area contributed by atoms with E-state index in [4.69, 9.17) is 0 Å². The van der Waals surface area contributed by atoms with Gasteiger partial charge in [0.15, 0.2) is 0 Å². The Bertz CT molecular complexity index is 437. The molecule has 1 aromatic rings. The van der Waals surface area contributed by atoms with Crippen molar-refractivity contribution in [2.75, 3.05) is 36.8 Å². The summed E-state index contributed by atoms with van der Waals surface area (Å²) in [7, 11) is 0. The lowest BCUT2D eigenvalue weighted by atomic mass is 10.4. The van der Waals surface area contributed by atoms with Crippen molar-refractivity contribution in [1.29, 1.82) is 0 Å². The predicted molar refractivity (Wildman–Crippen MR) is 79.7 cm³/mol. The molecule has 1 aliphatic rings. The Hall–Kier alpha value is -1.85. The van der Waals surface area contributed by atoms with Crippen LogP contribution >= 0.6 is 0 Å². The van der Waals surface area contributed by atoms with E-state index in [9.17, 15) is 4.79 Å². The minimum Gasteiger partial charge on any atom is -0.370 e. The number of carbonyl (C=O) groups excluding carboxylic acids is 1. The lowest BCUT2D eigenvalue weighted by Crippen LogP contribution is -2.27. The van der Waals surface area contributed by atoms with Crippen LogP contribution in [0.3, 0.4) is 0 Å². The summed E-state index contributed by atoms with van der Waals surface area (Å²) < 4.78 is 0. The van der Waals surface area contributed by atoms with Gasteiger partial charge in [0.05, 0.1) is 0 Å². The van der Waals surface area contributed by atoms with E-state index in [-0.39, 0.29) is 5.91 Å². The van der Waals surface area contributed by atoms with Crippen LogP contribution in [0.1, 0.15) is 32.6 Å². The first-order valence-corrected chi connectivity index (χ1v) is 7.38. The topological polar surface area (TPSA) is 70.2 Å². The van der Waals surface area contributed by atoms with Crippen molar-refractivity contribution in [1.82, 2.24) is 14.9 Å². The molecule has 110 valence electrons. The molecule has 0 saturated carbocycles. The first-order chi connectivity index (χ1) is 9.79. The van der Waals surface area contributed by atoms with Gasteiger partial charge in [-0.05, 0) is 25.3 Å². The summed E-state index contributed by atoms with van der Waals surface area (Å²) in [5.41, 5.74) is 0. The van der Waals surface area contributed by atoms with E-state index in [0.717, 1.165) is 51.3 Å². The molecule has 1 aromatic heterocycles. The molecule has 0 atom stereocenters. The molecule has 0 unspecified atom stereocenters. The van der Waals surface area contributed by atoms with Gasteiger partial charge in [0, 0.05) is 38.8 Å². The minimum atomic E-state index is 0.284.